The molecule has 2 aromatic heterocycles. The third-order valence-electron chi connectivity index (χ3n) is 3.97. The van der Waals surface area contributed by atoms with Crippen LogP contribution in [-0.4, -0.2) is 24.2 Å². The first kappa shape index (κ1) is 19.2. The van der Waals surface area contributed by atoms with Gasteiger partial charge in [-0.1, -0.05) is 17.8 Å². The zero-order valence-corrected chi connectivity index (χ0v) is 17.2. The standard InChI is InChI=1S/C20H19N3O2S2/c1-12-8-13(2)22-20(16(12)9-21)27-11-14-10-26-19(23-14)15-6-5-7-17(24-3)18(15)25-4/h5-8,10H,11H2,1-4H3. The Kier molecular flexibility index (Phi) is 5.99. The van der Waals surface area contributed by atoms with E-state index in [9.17, 15) is 5.26 Å². The Bertz CT molecular complexity index is 1010. The molecule has 138 valence electrons. The highest BCUT2D eigenvalue weighted by atomic mass is 32.2. The maximum Gasteiger partial charge on any atom is 0.170 e. The monoisotopic (exact) mass is 397 g/mol. The van der Waals surface area contributed by atoms with Crippen molar-refractivity contribution >= 4 is 23.1 Å². The van der Waals surface area contributed by atoms with Gasteiger partial charge in [-0.15, -0.1) is 11.3 Å². The van der Waals surface area contributed by atoms with Crippen LogP contribution in [0.4, 0.5) is 0 Å². The maximum atomic E-state index is 9.40. The number of pyridine rings is 1. The van der Waals surface area contributed by atoms with Gasteiger partial charge in [-0.2, -0.15) is 5.26 Å². The maximum absolute atomic E-state index is 9.40. The first-order valence-electron chi connectivity index (χ1n) is 8.24. The Balaban J connectivity index is 1.84. The summed E-state index contributed by atoms with van der Waals surface area (Å²) < 4.78 is 10.9. The summed E-state index contributed by atoms with van der Waals surface area (Å²) in [5, 5.41) is 13.1. The normalized spacial score (nSPS) is 10.5. The van der Waals surface area contributed by atoms with Crippen molar-refractivity contribution in [3.05, 3.63) is 52.2 Å². The van der Waals surface area contributed by atoms with Gasteiger partial charge in [0.25, 0.3) is 0 Å². The van der Waals surface area contributed by atoms with Gasteiger partial charge in [0.2, 0.25) is 0 Å². The lowest BCUT2D eigenvalue weighted by molar-refractivity contribution is 0.356. The first-order chi connectivity index (χ1) is 13.1. The number of nitriles is 1. The fourth-order valence-electron chi connectivity index (χ4n) is 2.74. The number of ether oxygens (including phenoxy) is 2. The number of rotatable bonds is 6. The molecule has 27 heavy (non-hydrogen) atoms. The molecule has 0 radical (unpaired) electrons. The van der Waals surface area contributed by atoms with Gasteiger partial charge in [-0.05, 0) is 37.6 Å². The van der Waals surface area contributed by atoms with Crippen molar-refractivity contribution in [2.45, 2.75) is 24.6 Å². The summed E-state index contributed by atoms with van der Waals surface area (Å²) in [6, 6.07) is 9.94. The topological polar surface area (TPSA) is 68.0 Å². The van der Waals surface area contributed by atoms with Crippen molar-refractivity contribution in [3.63, 3.8) is 0 Å². The number of para-hydroxylation sites is 1. The molecule has 3 rings (SSSR count). The lowest BCUT2D eigenvalue weighted by Crippen LogP contribution is -1.95. The number of benzene rings is 1. The van der Waals surface area contributed by atoms with E-state index in [4.69, 9.17) is 14.5 Å². The molecular weight excluding hydrogens is 378 g/mol. The van der Waals surface area contributed by atoms with Gasteiger partial charge in [0.15, 0.2) is 11.5 Å². The van der Waals surface area contributed by atoms with Crippen LogP contribution in [-0.2, 0) is 5.75 Å². The molecule has 0 saturated heterocycles. The van der Waals surface area contributed by atoms with Gasteiger partial charge in [-0.3, -0.25) is 0 Å². The zero-order valence-electron chi connectivity index (χ0n) is 15.6. The number of thioether (sulfide) groups is 1. The smallest absolute Gasteiger partial charge is 0.170 e. The van der Waals surface area contributed by atoms with E-state index in [2.05, 4.69) is 11.1 Å². The zero-order chi connectivity index (χ0) is 19.4. The van der Waals surface area contributed by atoms with Gasteiger partial charge in [0.05, 0.1) is 31.0 Å². The molecular formula is C20H19N3O2S2. The molecule has 0 N–H and O–H groups in total. The molecule has 0 saturated carbocycles. The highest BCUT2D eigenvalue weighted by Crippen LogP contribution is 2.39. The minimum absolute atomic E-state index is 0.635. The summed E-state index contributed by atoms with van der Waals surface area (Å²) >= 11 is 3.09. The van der Waals surface area contributed by atoms with Crippen LogP contribution >= 0.6 is 23.1 Å². The Morgan fingerprint density at radius 2 is 2.00 bits per heavy atom. The summed E-state index contributed by atoms with van der Waals surface area (Å²) in [5.74, 6) is 2.00. The molecule has 0 aliphatic carbocycles. The van der Waals surface area contributed by atoms with E-state index in [1.54, 1.807) is 25.6 Å². The van der Waals surface area contributed by atoms with Gasteiger partial charge in [-0.25, -0.2) is 9.97 Å². The van der Waals surface area contributed by atoms with Crippen LogP contribution in [0, 0.1) is 25.2 Å². The summed E-state index contributed by atoms with van der Waals surface area (Å²) in [4.78, 5) is 9.25. The highest BCUT2D eigenvalue weighted by Gasteiger charge is 2.15. The predicted octanol–water partition coefficient (Wildman–Crippen LogP) is 5.00. The van der Waals surface area contributed by atoms with Crippen molar-refractivity contribution in [2.24, 2.45) is 0 Å². The van der Waals surface area contributed by atoms with Gasteiger partial charge in [0.1, 0.15) is 16.1 Å². The van der Waals surface area contributed by atoms with E-state index >= 15 is 0 Å². The number of hydrogen-bond acceptors (Lipinski definition) is 7. The molecule has 0 spiro atoms. The van der Waals surface area contributed by atoms with Crippen LogP contribution in [0.3, 0.4) is 0 Å². The third-order valence-corrected chi connectivity index (χ3v) is 5.90. The number of aryl methyl sites for hydroxylation is 2. The SMILES string of the molecule is COc1cccc(-c2nc(CSc3nc(C)cc(C)c3C#N)cs2)c1OC. The molecule has 0 aliphatic rings. The quantitative estimate of drug-likeness (QED) is 0.545. The molecule has 0 atom stereocenters. The van der Waals surface area contributed by atoms with E-state index in [1.165, 1.54) is 11.8 Å². The van der Waals surface area contributed by atoms with Crippen LogP contribution < -0.4 is 9.47 Å². The molecule has 0 unspecified atom stereocenters. The molecule has 0 bridgehead atoms. The second kappa shape index (κ2) is 8.42. The largest absolute Gasteiger partial charge is 0.493 e. The third kappa shape index (κ3) is 4.07. The van der Waals surface area contributed by atoms with E-state index in [0.29, 0.717) is 22.8 Å². The lowest BCUT2D eigenvalue weighted by atomic mass is 10.1. The molecule has 0 aliphatic heterocycles. The van der Waals surface area contributed by atoms with E-state index in [0.717, 1.165) is 32.5 Å². The Labute approximate surface area is 167 Å². The average molecular weight is 398 g/mol. The minimum Gasteiger partial charge on any atom is -0.493 e. The highest BCUT2D eigenvalue weighted by molar-refractivity contribution is 7.98. The number of thiazole rings is 1. The Morgan fingerprint density at radius 1 is 1.19 bits per heavy atom. The molecule has 0 amide bonds. The van der Waals surface area contributed by atoms with Crippen molar-refractivity contribution in [2.75, 3.05) is 14.2 Å². The molecule has 7 heteroatoms. The minimum atomic E-state index is 0.635. The predicted molar refractivity (Wildman–Crippen MR) is 109 cm³/mol. The molecule has 3 aromatic rings. The summed E-state index contributed by atoms with van der Waals surface area (Å²) in [6.45, 7) is 3.88. The van der Waals surface area contributed by atoms with Crippen LogP contribution in [0.1, 0.15) is 22.5 Å². The molecule has 1 aromatic carbocycles. The fourth-order valence-corrected chi connectivity index (χ4v) is 4.68. The molecule has 5 nitrogen and oxygen atoms in total. The van der Waals surface area contributed by atoms with Gasteiger partial charge in [0, 0.05) is 16.8 Å². The van der Waals surface area contributed by atoms with Gasteiger partial charge < -0.3 is 9.47 Å². The van der Waals surface area contributed by atoms with Gasteiger partial charge >= 0.3 is 0 Å². The molecule has 0 fully saturated rings. The van der Waals surface area contributed by atoms with E-state index in [-0.39, 0.29) is 0 Å². The number of methoxy groups -OCH3 is 2. The number of hydrogen-bond donors (Lipinski definition) is 0. The summed E-state index contributed by atoms with van der Waals surface area (Å²) in [5.41, 5.74) is 4.34. The second-order valence-corrected chi connectivity index (χ2v) is 7.67. The fraction of sp³-hybridized carbons (Fsp3) is 0.250. The Morgan fingerprint density at radius 3 is 2.70 bits per heavy atom. The van der Waals surface area contributed by atoms with Crippen molar-refractivity contribution in [1.82, 2.24) is 9.97 Å². The van der Waals surface area contributed by atoms with Crippen LogP contribution in [0.5, 0.6) is 11.5 Å². The second-order valence-electron chi connectivity index (χ2n) is 5.85. The lowest BCUT2D eigenvalue weighted by Gasteiger charge is -2.10. The van der Waals surface area contributed by atoms with E-state index in [1.807, 2.05) is 43.5 Å². The van der Waals surface area contributed by atoms with Crippen LogP contribution in [0.2, 0.25) is 0 Å². The van der Waals surface area contributed by atoms with Crippen LogP contribution in [0.25, 0.3) is 10.6 Å². The Hall–Kier alpha value is -2.56. The number of nitrogens with zero attached hydrogens (tertiary/aromatic N) is 3. The molecule has 2 heterocycles. The van der Waals surface area contributed by atoms with E-state index < -0.39 is 0 Å². The average Bonchev–Trinajstić information content (AvgIpc) is 3.14. The first-order valence-corrected chi connectivity index (χ1v) is 10.1. The van der Waals surface area contributed by atoms with Crippen LogP contribution in [0.15, 0.2) is 34.7 Å². The van der Waals surface area contributed by atoms with Crippen molar-refractivity contribution < 1.29 is 9.47 Å². The number of aromatic nitrogens is 2. The summed E-state index contributed by atoms with van der Waals surface area (Å²) in [7, 11) is 3.25. The van der Waals surface area contributed by atoms with Crippen molar-refractivity contribution in [1.29, 1.82) is 5.26 Å². The van der Waals surface area contributed by atoms with Crippen molar-refractivity contribution in [3.8, 4) is 28.1 Å². The summed E-state index contributed by atoms with van der Waals surface area (Å²) in [6.07, 6.45) is 0.